The number of rotatable bonds is 1. The maximum Gasteiger partial charge on any atom is 0.237 e. The molecule has 2 nitrogen and oxygen atoms in total. The molecule has 1 saturated carbocycles. The molecule has 2 aliphatic rings. The van der Waals surface area contributed by atoms with Gasteiger partial charge in [0.1, 0.15) is 0 Å². The standard InChI is InChI=1S/C9H14N2/c1-10-8-5-6-11(7-8)9-3-2-4-9/h8-9H,2-7H2. The minimum atomic E-state index is 0.315. The molecular weight excluding hydrogens is 136 g/mol. The molecule has 60 valence electrons. The van der Waals surface area contributed by atoms with Crippen molar-refractivity contribution in [1.82, 2.24) is 4.90 Å². The van der Waals surface area contributed by atoms with E-state index in [0.29, 0.717) is 6.04 Å². The van der Waals surface area contributed by atoms with Gasteiger partial charge < -0.3 is 4.85 Å². The Balaban J connectivity index is 1.84. The monoisotopic (exact) mass is 150 g/mol. The Morgan fingerprint density at radius 2 is 2.09 bits per heavy atom. The Bertz CT molecular complexity index is 178. The van der Waals surface area contributed by atoms with Crippen LogP contribution >= 0.6 is 0 Å². The summed E-state index contributed by atoms with van der Waals surface area (Å²) in [5.41, 5.74) is 0. The highest BCUT2D eigenvalue weighted by Gasteiger charge is 2.33. The first-order valence-corrected chi connectivity index (χ1v) is 4.51. The molecule has 1 unspecified atom stereocenters. The Hall–Kier alpha value is -0.550. The molecule has 1 atom stereocenters. The highest BCUT2D eigenvalue weighted by molar-refractivity contribution is 4.93. The van der Waals surface area contributed by atoms with E-state index in [1.165, 1.54) is 25.8 Å². The average Bonchev–Trinajstić information content (AvgIpc) is 2.32. The predicted molar refractivity (Wildman–Crippen MR) is 44.2 cm³/mol. The van der Waals surface area contributed by atoms with Crippen LogP contribution in [-0.4, -0.2) is 30.1 Å². The minimum absolute atomic E-state index is 0.315. The van der Waals surface area contributed by atoms with Crippen molar-refractivity contribution in [1.29, 1.82) is 0 Å². The van der Waals surface area contributed by atoms with Gasteiger partial charge in [0.25, 0.3) is 0 Å². The molecule has 0 spiro atoms. The lowest BCUT2D eigenvalue weighted by Gasteiger charge is -2.33. The van der Waals surface area contributed by atoms with Gasteiger partial charge in [0.05, 0.1) is 6.54 Å². The van der Waals surface area contributed by atoms with E-state index in [1.807, 2.05) is 0 Å². The Labute approximate surface area is 68.0 Å². The first-order valence-electron chi connectivity index (χ1n) is 4.51. The molecule has 0 aromatic carbocycles. The van der Waals surface area contributed by atoms with Crippen molar-refractivity contribution in [3.8, 4) is 0 Å². The van der Waals surface area contributed by atoms with Crippen LogP contribution in [0.5, 0.6) is 0 Å². The van der Waals surface area contributed by atoms with E-state index in [9.17, 15) is 0 Å². The molecule has 2 heteroatoms. The van der Waals surface area contributed by atoms with Crippen LogP contribution in [0.2, 0.25) is 0 Å². The molecule has 1 heterocycles. The van der Waals surface area contributed by atoms with E-state index in [2.05, 4.69) is 9.74 Å². The highest BCUT2D eigenvalue weighted by Crippen LogP contribution is 2.28. The van der Waals surface area contributed by atoms with Gasteiger partial charge in [-0.2, -0.15) is 0 Å². The van der Waals surface area contributed by atoms with Crippen molar-refractivity contribution < 1.29 is 0 Å². The number of nitrogens with zero attached hydrogens (tertiary/aromatic N) is 2. The fourth-order valence-electron chi connectivity index (χ4n) is 1.96. The van der Waals surface area contributed by atoms with Crippen LogP contribution in [0, 0.1) is 6.57 Å². The Kier molecular flexibility index (Phi) is 1.83. The SMILES string of the molecule is [C-]#[N+]C1CCN(C2CCC2)C1. The molecule has 2 rings (SSSR count). The fourth-order valence-corrected chi connectivity index (χ4v) is 1.96. The van der Waals surface area contributed by atoms with Crippen LogP contribution < -0.4 is 0 Å². The van der Waals surface area contributed by atoms with Crippen molar-refractivity contribution in [3.63, 3.8) is 0 Å². The molecule has 0 radical (unpaired) electrons. The molecule has 0 aromatic rings. The third-order valence-electron chi connectivity index (χ3n) is 2.97. The maximum absolute atomic E-state index is 6.90. The molecule has 0 aromatic heterocycles. The van der Waals surface area contributed by atoms with Crippen molar-refractivity contribution >= 4 is 0 Å². The molecule has 11 heavy (non-hydrogen) atoms. The van der Waals surface area contributed by atoms with Gasteiger partial charge in [-0.05, 0) is 12.8 Å². The van der Waals surface area contributed by atoms with E-state index < -0.39 is 0 Å². The lowest BCUT2D eigenvalue weighted by atomic mass is 9.92. The summed E-state index contributed by atoms with van der Waals surface area (Å²) in [6.45, 7) is 9.13. The summed E-state index contributed by atoms with van der Waals surface area (Å²) >= 11 is 0. The smallest absolute Gasteiger partial charge is 0.237 e. The third-order valence-corrected chi connectivity index (χ3v) is 2.97. The quantitative estimate of drug-likeness (QED) is 0.514. The average molecular weight is 150 g/mol. The zero-order valence-electron chi connectivity index (χ0n) is 6.79. The van der Waals surface area contributed by atoms with Gasteiger partial charge in [-0.3, -0.25) is 4.90 Å². The minimum Gasteiger partial charge on any atom is -0.312 e. The van der Waals surface area contributed by atoms with Crippen molar-refractivity contribution in [3.05, 3.63) is 11.4 Å². The summed E-state index contributed by atoms with van der Waals surface area (Å²) in [6.07, 6.45) is 5.28. The van der Waals surface area contributed by atoms with E-state index in [1.54, 1.807) is 0 Å². The lowest BCUT2D eigenvalue weighted by molar-refractivity contribution is 0.158. The molecule has 0 bridgehead atoms. The summed E-state index contributed by atoms with van der Waals surface area (Å²) in [5, 5.41) is 0. The van der Waals surface area contributed by atoms with Crippen LogP contribution in [-0.2, 0) is 0 Å². The normalized spacial score (nSPS) is 33.2. The van der Waals surface area contributed by atoms with Crippen LogP contribution in [0.15, 0.2) is 0 Å². The van der Waals surface area contributed by atoms with E-state index in [4.69, 9.17) is 6.57 Å². The molecule has 1 aliphatic carbocycles. The summed E-state index contributed by atoms with van der Waals surface area (Å²) < 4.78 is 0. The van der Waals surface area contributed by atoms with E-state index in [-0.39, 0.29) is 0 Å². The summed E-state index contributed by atoms with van der Waals surface area (Å²) in [7, 11) is 0. The zero-order valence-corrected chi connectivity index (χ0v) is 6.79. The Morgan fingerprint density at radius 1 is 1.27 bits per heavy atom. The first-order chi connectivity index (χ1) is 5.40. The van der Waals surface area contributed by atoms with E-state index >= 15 is 0 Å². The van der Waals surface area contributed by atoms with Crippen LogP contribution in [0.1, 0.15) is 25.7 Å². The molecule has 0 N–H and O–H groups in total. The van der Waals surface area contributed by atoms with Crippen molar-refractivity contribution in [2.75, 3.05) is 13.1 Å². The summed E-state index contributed by atoms with van der Waals surface area (Å²) in [4.78, 5) is 6.09. The molecule has 1 aliphatic heterocycles. The van der Waals surface area contributed by atoms with Gasteiger partial charge in [0.15, 0.2) is 0 Å². The van der Waals surface area contributed by atoms with Gasteiger partial charge >= 0.3 is 0 Å². The summed E-state index contributed by atoms with van der Waals surface area (Å²) in [6, 6.07) is 1.16. The van der Waals surface area contributed by atoms with E-state index in [0.717, 1.165) is 19.0 Å². The van der Waals surface area contributed by atoms with Gasteiger partial charge in [0.2, 0.25) is 6.04 Å². The topological polar surface area (TPSA) is 7.60 Å². The fraction of sp³-hybridized carbons (Fsp3) is 0.889. The highest BCUT2D eigenvalue weighted by atomic mass is 15.2. The van der Waals surface area contributed by atoms with Crippen molar-refractivity contribution in [2.24, 2.45) is 0 Å². The summed E-state index contributed by atoms with van der Waals surface area (Å²) in [5.74, 6) is 0. The van der Waals surface area contributed by atoms with Gasteiger partial charge in [-0.15, -0.1) is 0 Å². The van der Waals surface area contributed by atoms with Gasteiger partial charge in [-0.25, -0.2) is 6.57 Å². The largest absolute Gasteiger partial charge is 0.312 e. The Morgan fingerprint density at radius 3 is 2.55 bits per heavy atom. The predicted octanol–water partition coefficient (Wildman–Crippen LogP) is 1.53. The third kappa shape index (κ3) is 1.25. The maximum atomic E-state index is 6.90. The van der Waals surface area contributed by atoms with Crippen LogP contribution in [0.4, 0.5) is 0 Å². The van der Waals surface area contributed by atoms with Crippen LogP contribution in [0.3, 0.4) is 0 Å². The molecule has 2 fully saturated rings. The van der Waals surface area contributed by atoms with Crippen LogP contribution in [0.25, 0.3) is 4.85 Å². The second-order valence-corrected chi connectivity index (χ2v) is 3.65. The van der Waals surface area contributed by atoms with Gasteiger partial charge in [0, 0.05) is 19.0 Å². The lowest BCUT2D eigenvalue weighted by Crippen LogP contribution is -2.38. The second-order valence-electron chi connectivity index (χ2n) is 3.65. The number of likely N-dealkylation sites (tertiary alicyclic amines) is 1. The molecule has 0 amide bonds. The first kappa shape index (κ1) is 7.12. The van der Waals surface area contributed by atoms with Crippen molar-refractivity contribution in [2.45, 2.75) is 37.8 Å². The number of hydrogen-bond donors (Lipinski definition) is 0. The second kappa shape index (κ2) is 2.83. The van der Waals surface area contributed by atoms with Gasteiger partial charge in [-0.1, -0.05) is 6.42 Å². The molecular formula is C9H14N2. The molecule has 1 saturated heterocycles. The zero-order chi connectivity index (χ0) is 7.68. The number of hydrogen-bond acceptors (Lipinski definition) is 1.